The first kappa shape index (κ1) is 14.9. The lowest BCUT2D eigenvalue weighted by atomic mass is 9.83. The number of benzene rings is 1. The van der Waals surface area contributed by atoms with Gasteiger partial charge >= 0.3 is 0 Å². The highest BCUT2D eigenvalue weighted by Crippen LogP contribution is 2.32. The molecule has 116 valence electrons. The molecule has 22 heavy (non-hydrogen) atoms. The van der Waals surface area contributed by atoms with Crippen molar-refractivity contribution in [2.75, 3.05) is 0 Å². The Bertz CT molecular complexity index is 708. The van der Waals surface area contributed by atoms with Crippen LogP contribution in [0.15, 0.2) is 30.6 Å². The molecule has 1 aromatic carbocycles. The Hall–Kier alpha value is -1.99. The molecule has 1 amide bonds. The third-order valence-corrected chi connectivity index (χ3v) is 3.99. The number of nitrogens with one attached hydrogen (secondary N) is 1. The smallest absolute Gasteiger partial charge is 0.254 e. The molecule has 1 aliphatic carbocycles. The monoisotopic (exact) mass is 327 g/mol. The van der Waals surface area contributed by atoms with Crippen LogP contribution in [0, 0.1) is 11.6 Å². The molecule has 8 heteroatoms. The zero-order chi connectivity index (χ0) is 15.9. The van der Waals surface area contributed by atoms with Crippen LogP contribution in [0.25, 0.3) is 0 Å². The second-order valence-corrected chi connectivity index (χ2v) is 5.51. The van der Waals surface area contributed by atoms with Crippen molar-refractivity contribution in [1.29, 1.82) is 0 Å². The Morgan fingerprint density at radius 2 is 2.18 bits per heavy atom. The molecule has 0 spiro atoms. The van der Waals surface area contributed by atoms with E-state index in [1.54, 1.807) is 18.5 Å². The normalized spacial score (nSPS) is 23.9. The molecule has 1 saturated carbocycles. The minimum atomic E-state index is -0.903. The summed E-state index contributed by atoms with van der Waals surface area (Å²) in [4.78, 5) is 12.1. The quantitative estimate of drug-likeness (QED) is 0.846. The minimum Gasteiger partial charge on any atom is -0.391 e. The van der Waals surface area contributed by atoms with Crippen LogP contribution in [0.4, 0.5) is 8.78 Å². The van der Waals surface area contributed by atoms with Gasteiger partial charge in [-0.3, -0.25) is 9.48 Å². The Kier molecular flexibility index (Phi) is 3.84. The van der Waals surface area contributed by atoms with Crippen LogP contribution in [0.1, 0.15) is 22.8 Å². The summed E-state index contributed by atoms with van der Waals surface area (Å²) in [5.74, 6) is -2.54. The minimum absolute atomic E-state index is 0.313. The lowest BCUT2D eigenvalue weighted by Gasteiger charge is -2.41. The van der Waals surface area contributed by atoms with E-state index in [1.807, 2.05) is 0 Å². The fourth-order valence-corrected chi connectivity index (χ4v) is 2.67. The van der Waals surface area contributed by atoms with E-state index in [1.165, 1.54) is 4.68 Å². The molecule has 3 atom stereocenters. The van der Waals surface area contributed by atoms with E-state index in [0.717, 1.165) is 12.1 Å². The van der Waals surface area contributed by atoms with Crippen LogP contribution in [-0.4, -0.2) is 32.9 Å². The molecule has 0 bridgehead atoms. The molecular weight excluding hydrogens is 316 g/mol. The van der Waals surface area contributed by atoms with Gasteiger partial charge in [-0.2, -0.15) is 5.10 Å². The number of aromatic nitrogens is 2. The first-order chi connectivity index (χ1) is 10.5. The van der Waals surface area contributed by atoms with Crippen molar-refractivity contribution in [1.82, 2.24) is 15.1 Å². The predicted octanol–water partition coefficient (Wildman–Crippen LogP) is 1.92. The average Bonchev–Trinajstić information content (AvgIpc) is 2.95. The summed E-state index contributed by atoms with van der Waals surface area (Å²) in [6, 6.07) is 2.36. The summed E-state index contributed by atoms with van der Waals surface area (Å²) in [6.07, 6.45) is 2.87. The molecular formula is C14H12ClF2N3O2. The summed E-state index contributed by atoms with van der Waals surface area (Å²) >= 11 is 5.45. The fourth-order valence-electron chi connectivity index (χ4n) is 2.52. The van der Waals surface area contributed by atoms with E-state index in [-0.39, 0.29) is 5.02 Å². The highest BCUT2D eigenvalue weighted by molar-refractivity contribution is 6.30. The third kappa shape index (κ3) is 2.57. The number of carbonyl (C=O) groups excluding carboxylic acids is 1. The van der Waals surface area contributed by atoms with Crippen LogP contribution in [0.3, 0.4) is 0 Å². The van der Waals surface area contributed by atoms with Gasteiger partial charge in [0, 0.05) is 12.4 Å². The Morgan fingerprint density at radius 1 is 1.41 bits per heavy atom. The fraction of sp³-hybridized carbons (Fsp3) is 0.286. The van der Waals surface area contributed by atoms with E-state index in [0.29, 0.717) is 6.42 Å². The van der Waals surface area contributed by atoms with E-state index < -0.39 is 41.3 Å². The topological polar surface area (TPSA) is 67.2 Å². The van der Waals surface area contributed by atoms with E-state index in [4.69, 9.17) is 11.6 Å². The molecule has 0 aliphatic heterocycles. The maximum absolute atomic E-state index is 13.7. The van der Waals surface area contributed by atoms with Crippen LogP contribution < -0.4 is 5.32 Å². The number of nitrogens with zero attached hydrogens (tertiary/aromatic N) is 2. The van der Waals surface area contributed by atoms with Gasteiger partial charge in [0.2, 0.25) is 0 Å². The molecule has 2 aromatic rings. The average molecular weight is 328 g/mol. The Labute approximate surface area is 129 Å². The van der Waals surface area contributed by atoms with E-state index in [9.17, 15) is 18.7 Å². The second kappa shape index (κ2) is 5.66. The zero-order valence-corrected chi connectivity index (χ0v) is 12.0. The first-order valence-electron chi connectivity index (χ1n) is 6.60. The Balaban J connectivity index is 1.76. The van der Waals surface area contributed by atoms with Gasteiger partial charge in [-0.15, -0.1) is 0 Å². The van der Waals surface area contributed by atoms with Crippen molar-refractivity contribution < 1.29 is 18.7 Å². The van der Waals surface area contributed by atoms with Crippen molar-refractivity contribution in [3.63, 3.8) is 0 Å². The molecule has 5 nitrogen and oxygen atoms in total. The summed E-state index contributed by atoms with van der Waals surface area (Å²) in [7, 11) is 0. The van der Waals surface area contributed by atoms with Crippen molar-refractivity contribution in [3.8, 4) is 0 Å². The molecule has 1 aliphatic rings. The summed E-state index contributed by atoms with van der Waals surface area (Å²) in [6.45, 7) is 0. The maximum Gasteiger partial charge on any atom is 0.254 e. The van der Waals surface area contributed by atoms with Crippen LogP contribution >= 0.6 is 11.6 Å². The van der Waals surface area contributed by atoms with Gasteiger partial charge in [-0.25, -0.2) is 8.78 Å². The summed E-state index contributed by atoms with van der Waals surface area (Å²) < 4.78 is 28.6. The number of amides is 1. The van der Waals surface area contributed by atoms with Gasteiger partial charge in [0.25, 0.3) is 5.91 Å². The highest BCUT2D eigenvalue weighted by atomic mass is 35.5. The molecule has 0 unspecified atom stereocenters. The van der Waals surface area contributed by atoms with Gasteiger partial charge in [0.05, 0.1) is 28.8 Å². The molecule has 3 rings (SSSR count). The highest BCUT2D eigenvalue weighted by Gasteiger charge is 2.42. The predicted molar refractivity (Wildman–Crippen MR) is 74.5 cm³/mol. The standard InChI is InChI=1S/C14H12ClF2N3O2/c15-8-5-9(16)7(4-10(8)17)14(22)19-11-6-12(21)13(11)20-3-1-2-18-20/h1-5,11-13,21H,6H2,(H,19,22)/t11-,12+,13+/m0/s1. The van der Waals surface area contributed by atoms with Crippen LogP contribution in [-0.2, 0) is 0 Å². The van der Waals surface area contributed by atoms with Crippen molar-refractivity contribution in [3.05, 3.63) is 52.8 Å². The first-order valence-corrected chi connectivity index (χ1v) is 6.98. The van der Waals surface area contributed by atoms with Gasteiger partial charge < -0.3 is 10.4 Å². The largest absolute Gasteiger partial charge is 0.391 e. The lowest BCUT2D eigenvalue weighted by Crippen LogP contribution is -2.56. The van der Waals surface area contributed by atoms with E-state index in [2.05, 4.69) is 10.4 Å². The van der Waals surface area contributed by atoms with E-state index >= 15 is 0 Å². The number of carbonyl (C=O) groups is 1. The number of halogens is 3. The molecule has 1 aromatic heterocycles. The Morgan fingerprint density at radius 3 is 2.82 bits per heavy atom. The number of hydrogen-bond donors (Lipinski definition) is 2. The van der Waals surface area contributed by atoms with Crippen molar-refractivity contribution in [2.45, 2.75) is 24.6 Å². The number of aliphatic hydroxyl groups is 1. The van der Waals surface area contributed by atoms with Gasteiger partial charge in [0.15, 0.2) is 0 Å². The lowest BCUT2D eigenvalue weighted by molar-refractivity contribution is -0.00593. The number of hydrogen-bond acceptors (Lipinski definition) is 3. The van der Waals surface area contributed by atoms with Crippen LogP contribution in [0.2, 0.25) is 5.02 Å². The van der Waals surface area contributed by atoms with Gasteiger partial charge in [0.1, 0.15) is 11.6 Å². The number of rotatable bonds is 3. The molecule has 0 saturated heterocycles. The summed E-state index contributed by atoms with van der Waals surface area (Å²) in [5, 5.41) is 16.0. The number of aliphatic hydroxyl groups excluding tert-OH is 1. The van der Waals surface area contributed by atoms with Gasteiger partial charge in [-0.1, -0.05) is 11.6 Å². The van der Waals surface area contributed by atoms with Crippen molar-refractivity contribution in [2.24, 2.45) is 0 Å². The second-order valence-electron chi connectivity index (χ2n) is 5.11. The van der Waals surface area contributed by atoms with Crippen molar-refractivity contribution >= 4 is 17.5 Å². The molecule has 1 heterocycles. The molecule has 0 radical (unpaired) electrons. The maximum atomic E-state index is 13.7. The molecule has 2 N–H and O–H groups in total. The van der Waals surface area contributed by atoms with Crippen LogP contribution in [0.5, 0.6) is 0 Å². The van der Waals surface area contributed by atoms with Gasteiger partial charge in [-0.05, 0) is 24.6 Å². The zero-order valence-electron chi connectivity index (χ0n) is 11.2. The SMILES string of the molecule is O=C(N[C@H]1C[C@@H](O)[C@@H]1n1cccn1)c1cc(F)c(Cl)cc1F. The third-order valence-electron chi connectivity index (χ3n) is 3.70. The molecule has 1 fully saturated rings. The summed E-state index contributed by atoms with van der Waals surface area (Å²) in [5.41, 5.74) is -0.428.